The maximum absolute atomic E-state index is 2.68. The molecule has 8 saturated carbocycles. The summed E-state index contributed by atoms with van der Waals surface area (Å²) in [6.07, 6.45) is 14.3. The first kappa shape index (κ1) is 32.1. The van der Waals surface area contributed by atoms with Gasteiger partial charge >= 0.3 is 0 Å². The summed E-state index contributed by atoms with van der Waals surface area (Å²) in [4.78, 5) is 2.62. The third-order valence-electron chi connectivity index (χ3n) is 17.8. The molecular weight excluding hydrogens is 687 g/mol. The van der Waals surface area contributed by atoms with Gasteiger partial charge in [-0.1, -0.05) is 103 Å². The lowest BCUT2D eigenvalue weighted by Crippen LogP contribution is -2.55. The molecule has 6 aromatic carbocycles. The van der Waals surface area contributed by atoms with Crippen molar-refractivity contribution in [2.75, 3.05) is 4.90 Å². The Morgan fingerprint density at radius 3 is 1.33 bits per heavy atom. The van der Waals surface area contributed by atoms with Crippen LogP contribution in [0.1, 0.15) is 86.5 Å². The fraction of sp³-hybridized carbons (Fsp3) is 0.357. The Hall–Kier alpha value is -4.88. The molecule has 0 saturated heterocycles. The van der Waals surface area contributed by atoms with Crippen LogP contribution in [0.3, 0.4) is 0 Å². The van der Waals surface area contributed by atoms with Crippen LogP contribution in [0.25, 0.3) is 33.4 Å². The van der Waals surface area contributed by atoms with E-state index >= 15 is 0 Å². The number of nitrogens with zero attached hydrogens (tertiary/aromatic N) is 1. The van der Waals surface area contributed by atoms with Gasteiger partial charge in [0.25, 0.3) is 0 Å². The lowest BCUT2D eigenvalue weighted by Gasteiger charge is -2.61. The Kier molecular flexibility index (Phi) is 6.43. The molecule has 57 heavy (non-hydrogen) atoms. The molecule has 0 unspecified atom stereocenters. The molecule has 10 aliphatic carbocycles. The third-order valence-corrected chi connectivity index (χ3v) is 17.8. The molecule has 0 N–H and O–H groups in total. The lowest BCUT2D eigenvalue weighted by atomic mass is 9.43. The molecule has 8 fully saturated rings. The summed E-state index contributed by atoms with van der Waals surface area (Å²) in [6.45, 7) is 0. The van der Waals surface area contributed by atoms with E-state index in [2.05, 4.69) is 144 Å². The molecule has 0 amide bonds. The molecule has 0 aliphatic heterocycles. The van der Waals surface area contributed by atoms with Gasteiger partial charge in [-0.3, -0.25) is 0 Å². The van der Waals surface area contributed by atoms with Gasteiger partial charge in [0.2, 0.25) is 0 Å². The number of hydrogen-bond acceptors (Lipinski definition) is 1. The standard InChI is InChI=1S/C56H51N/c1-2-8-38(9-3-1)39-14-16-44(17-15-39)57(45-19-21-53-50(32-45)48-11-5-7-13-52(48)55(53)40-24-34-22-35(26-40)27-41(55)25-34)46-18-20-49-47-10-4-6-12-51(47)56(54(49)33-46)42-28-36-23-37(30-42)31-43(56)29-36/h1-21,32-37,40-43H,22-31H2. The maximum atomic E-state index is 2.68. The first-order valence-corrected chi connectivity index (χ1v) is 22.6. The molecule has 0 atom stereocenters. The smallest absolute Gasteiger partial charge is 0.0468 e. The molecule has 6 aromatic rings. The first-order valence-electron chi connectivity index (χ1n) is 22.6. The van der Waals surface area contributed by atoms with Gasteiger partial charge in [-0.2, -0.15) is 0 Å². The second-order valence-corrected chi connectivity index (χ2v) is 20.1. The number of rotatable bonds is 4. The largest absolute Gasteiger partial charge is 0.310 e. The van der Waals surface area contributed by atoms with E-state index in [1.54, 1.807) is 22.3 Å². The van der Waals surface area contributed by atoms with Crippen molar-refractivity contribution in [3.8, 4) is 33.4 Å². The molecule has 0 heterocycles. The minimum absolute atomic E-state index is 0.140. The van der Waals surface area contributed by atoms with E-state index < -0.39 is 0 Å². The minimum Gasteiger partial charge on any atom is -0.310 e. The molecule has 1 heteroatoms. The monoisotopic (exact) mass is 737 g/mol. The molecule has 280 valence electrons. The highest BCUT2D eigenvalue weighted by atomic mass is 15.1. The topological polar surface area (TPSA) is 3.24 Å². The van der Waals surface area contributed by atoms with Gasteiger partial charge in [-0.15, -0.1) is 0 Å². The second kappa shape index (κ2) is 11.4. The summed E-state index contributed by atoms with van der Waals surface area (Å²) in [6, 6.07) is 54.9. The zero-order valence-electron chi connectivity index (χ0n) is 32.9. The zero-order valence-corrected chi connectivity index (χ0v) is 32.9. The van der Waals surface area contributed by atoms with Crippen molar-refractivity contribution in [3.05, 3.63) is 162 Å². The van der Waals surface area contributed by atoms with Gasteiger partial charge in [-0.05, 0) is 204 Å². The highest BCUT2D eigenvalue weighted by molar-refractivity contribution is 5.90. The zero-order chi connectivity index (χ0) is 37.0. The van der Waals surface area contributed by atoms with E-state index in [1.165, 1.54) is 115 Å². The van der Waals surface area contributed by atoms with Crippen LogP contribution < -0.4 is 4.90 Å². The van der Waals surface area contributed by atoms with Crippen molar-refractivity contribution >= 4 is 17.1 Å². The summed E-state index contributed by atoms with van der Waals surface area (Å²) in [5.41, 5.74) is 19.2. The maximum Gasteiger partial charge on any atom is 0.0468 e. The fourth-order valence-electron chi connectivity index (χ4n) is 16.4. The summed E-state index contributed by atoms with van der Waals surface area (Å²) in [5.74, 6) is 6.82. The van der Waals surface area contributed by atoms with Crippen molar-refractivity contribution in [2.24, 2.45) is 47.3 Å². The van der Waals surface area contributed by atoms with Crippen molar-refractivity contribution in [1.29, 1.82) is 0 Å². The number of fused-ring (bicyclic) bond motifs is 6. The molecule has 2 spiro atoms. The number of anilines is 3. The summed E-state index contributed by atoms with van der Waals surface area (Å²) >= 11 is 0. The molecule has 10 aliphatic rings. The molecule has 0 aromatic heterocycles. The quantitative estimate of drug-likeness (QED) is 0.174. The highest BCUT2D eigenvalue weighted by Crippen LogP contribution is 2.71. The van der Waals surface area contributed by atoms with E-state index in [0.717, 1.165) is 47.3 Å². The van der Waals surface area contributed by atoms with Crippen LogP contribution >= 0.6 is 0 Å². The van der Waals surface area contributed by atoms with Crippen LogP contribution in [0.5, 0.6) is 0 Å². The van der Waals surface area contributed by atoms with Crippen LogP contribution in [0, 0.1) is 47.3 Å². The molecule has 0 radical (unpaired) electrons. The highest BCUT2D eigenvalue weighted by Gasteiger charge is 2.63. The summed E-state index contributed by atoms with van der Waals surface area (Å²) in [7, 11) is 0. The second-order valence-electron chi connectivity index (χ2n) is 20.1. The van der Waals surface area contributed by atoms with Gasteiger partial charge in [0, 0.05) is 27.9 Å². The van der Waals surface area contributed by atoms with E-state index in [4.69, 9.17) is 0 Å². The molecule has 16 rings (SSSR count). The van der Waals surface area contributed by atoms with Crippen molar-refractivity contribution in [2.45, 2.75) is 75.0 Å². The molecule has 8 bridgehead atoms. The van der Waals surface area contributed by atoms with Gasteiger partial charge in [0.15, 0.2) is 0 Å². The van der Waals surface area contributed by atoms with Crippen molar-refractivity contribution in [1.82, 2.24) is 0 Å². The van der Waals surface area contributed by atoms with E-state index in [9.17, 15) is 0 Å². The van der Waals surface area contributed by atoms with Gasteiger partial charge < -0.3 is 4.90 Å². The lowest BCUT2D eigenvalue weighted by molar-refractivity contribution is -0.0399. The Morgan fingerprint density at radius 1 is 0.316 bits per heavy atom. The first-order chi connectivity index (χ1) is 28.2. The van der Waals surface area contributed by atoms with E-state index in [0.29, 0.717) is 0 Å². The Morgan fingerprint density at radius 2 is 0.737 bits per heavy atom. The fourth-order valence-corrected chi connectivity index (χ4v) is 16.4. The normalized spacial score (nSPS) is 33.8. The van der Waals surface area contributed by atoms with Gasteiger partial charge in [-0.25, -0.2) is 0 Å². The van der Waals surface area contributed by atoms with E-state index in [1.807, 2.05) is 0 Å². The average Bonchev–Trinajstić information content (AvgIpc) is 3.70. The number of benzene rings is 6. The molecule has 1 nitrogen and oxygen atoms in total. The van der Waals surface area contributed by atoms with Gasteiger partial charge in [0.1, 0.15) is 0 Å². The minimum atomic E-state index is 0.140. The van der Waals surface area contributed by atoms with Crippen molar-refractivity contribution in [3.63, 3.8) is 0 Å². The van der Waals surface area contributed by atoms with Crippen LogP contribution in [-0.4, -0.2) is 0 Å². The number of hydrogen-bond donors (Lipinski definition) is 0. The summed E-state index contributed by atoms with van der Waals surface area (Å²) < 4.78 is 0. The van der Waals surface area contributed by atoms with Gasteiger partial charge in [0.05, 0.1) is 0 Å². The van der Waals surface area contributed by atoms with Crippen molar-refractivity contribution < 1.29 is 0 Å². The van der Waals surface area contributed by atoms with Crippen LogP contribution in [0.2, 0.25) is 0 Å². The van der Waals surface area contributed by atoms with E-state index in [-0.39, 0.29) is 10.8 Å². The third kappa shape index (κ3) is 4.12. The Bertz CT molecular complexity index is 2560. The Balaban J connectivity index is 0.961. The van der Waals surface area contributed by atoms with Crippen LogP contribution in [0.15, 0.2) is 140 Å². The average molecular weight is 738 g/mol. The summed E-state index contributed by atoms with van der Waals surface area (Å²) in [5, 5.41) is 0. The Labute approximate surface area is 338 Å². The molecular formula is C56H51N. The van der Waals surface area contributed by atoms with Crippen LogP contribution in [0.4, 0.5) is 17.1 Å². The predicted octanol–water partition coefficient (Wildman–Crippen LogP) is 14.3. The SMILES string of the molecule is c1ccc(-c2ccc(N(c3ccc4c(c3)-c3ccccc3C43C4CC5CC(C4)CC3C5)c3ccc4c(c3)C3(c5ccccc5-4)C4CC5CC(C4)CC3C5)cc2)cc1. The van der Waals surface area contributed by atoms with Crippen LogP contribution in [-0.2, 0) is 10.8 Å². The predicted molar refractivity (Wildman–Crippen MR) is 233 cm³/mol.